The van der Waals surface area contributed by atoms with Crippen molar-refractivity contribution < 1.29 is 15.0 Å². The Morgan fingerprint density at radius 3 is 2.80 bits per heavy atom. The Morgan fingerprint density at radius 2 is 2.27 bits per heavy atom. The number of aliphatic hydroxyl groups excluding tert-OH is 1. The van der Waals surface area contributed by atoms with Crippen molar-refractivity contribution in [2.75, 3.05) is 0 Å². The molecule has 1 saturated carbocycles. The second kappa shape index (κ2) is 3.38. The van der Waals surface area contributed by atoms with Crippen molar-refractivity contribution in [2.45, 2.75) is 24.9 Å². The van der Waals surface area contributed by atoms with Crippen molar-refractivity contribution in [3.63, 3.8) is 0 Å². The maximum absolute atomic E-state index is 11.2. The van der Waals surface area contributed by atoms with Gasteiger partial charge in [0.2, 0.25) is 5.91 Å². The van der Waals surface area contributed by atoms with Crippen molar-refractivity contribution in [1.82, 2.24) is 0 Å². The molecule has 1 amide bonds. The average molecular weight is 209 g/mol. The number of hydrogen-bond donors (Lipinski definition) is 3. The van der Waals surface area contributed by atoms with Gasteiger partial charge >= 0.3 is 0 Å². The number of carbonyl (C=O) groups excluding carboxylic acids is 1. The van der Waals surface area contributed by atoms with Gasteiger partial charge in [0.05, 0.1) is 5.92 Å². The first-order chi connectivity index (χ1) is 7.01. The van der Waals surface area contributed by atoms with Crippen LogP contribution in [0.4, 0.5) is 0 Å². The molecule has 2 atom stereocenters. The van der Waals surface area contributed by atoms with E-state index in [2.05, 4.69) is 0 Å². The molecule has 4 nitrogen and oxygen atoms in total. The molecule has 0 radical (unpaired) electrons. The Balaban J connectivity index is 2.22. The summed E-state index contributed by atoms with van der Waals surface area (Å²) in [6.45, 7) is 0. The van der Waals surface area contributed by atoms with Gasteiger partial charge < -0.3 is 15.9 Å². The molecular weight excluding hydrogens is 194 g/mol. The zero-order valence-electron chi connectivity index (χ0n) is 8.39. The van der Waals surface area contributed by atoms with Crippen molar-refractivity contribution in [3.05, 3.63) is 24.0 Å². The molecule has 2 aliphatic carbocycles. The van der Waals surface area contributed by atoms with E-state index in [1.165, 1.54) is 18.2 Å². The van der Waals surface area contributed by atoms with Crippen LogP contribution in [0.3, 0.4) is 0 Å². The summed E-state index contributed by atoms with van der Waals surface area (Å²) < 4.78 is 0. The van der Waals surface area contributed by atoms with Gasteiger partial charge in [0.1, 0.15) is 11.4 Å². The van der Waals surface area contributed by atoms with E-state index in [4.69, 9.17) is 5.73 Å². The predicted molar refractivity (Wildman–Crippen MR) is 54.8 cm³/mol. The number of amides is 1. The molecule has 0 bridgehead atoms. The third kappa shape index (κ3) is 2.04. The van der Waals surface area contributed by atoms with E-state index in [-0.39, 0.29) is 5.76 Å². The van der Waals surface area contributed by atoms with Gasteiger partial charge in [0.15, 0.2) is 0 Å². The lowest BCUT2D eigenvalue weighted by Crippen LogP contribution is -2.44. The number of allylic oxidation sites excluding steroid dienone is 1. The van der Waals surface area contributed by atoms with E-state index in [1.807, 2.05) is 0 Å². The molecule has 0 aromatic carbocycles. The van der Waals surface area contributed by atoms with Crippen LogP contribution in [0.15, 0.2) is 24.0 Å². The summed E-state index contributed by atoms with van der Waals surface area (Å²) in [4.78, 5) is 11.2. The van der Waals surface area contributed by atoms with Crippen molar-refractivity contribution in [3.8, 4) is 0 Å². The third-order valence-corrected chi connectivity index (χ3v) is 3.01. The first-order valence-electron chi connectivity index (χ1n) is 5.13. The molecule has 82 valence electrons. The third-order valence-electron chi connectivity index (χ3n) is 3.01. The van der Waals surface area contributed by atoms with Gasteiger partial charge in [-0.2, -0.15) is 0 Å². The smallest absolute Gasteiger partial charge is 0.227 e. The van der Waals surface area contributed by atoms with E-state index in [9.17, 15) is 15.0 Å². The summed E-state index contributed by atoms with van der Waals surface area (Å²) in [7, 11) is 0. The molecule has 0 saturated heterocycles. The maximum atomic E-state index is 11.2. The SMILES string of the molecule is NC(=O)C1C=CC(O)=CC1(O)CC1CC1. The number of nitrogens with two attached hydrogens (primary N) is 1. The highest BCUT2D eigenvalue weighted by Gasteiger charge is 2.43. The number of rotatable bonds is 3. The number of aliphatic hydroxyl groups is 2. The molecule has 0 spiro atoms. The first kappa shape index (κ1) is 10.2. The lowest BCUT2D eigenvalue weighted by Gasteiger charge is -2.32. The van der Waals surface area contributed by atoms with E-state index in [1.54, 1.807) is 0 Å². The lowest BCUT2D eigenvalue weighted by molar-refractivity contribution is -0.126. The highest BCUT2D eigenvalue weighted by Crippen LogP contribution is 2.41. The number of hydrogen-bond acceptors (Lipinski definition) is 3. The Bertz CT molecular complexity index is 344. The van der Waals surface area contributed by atoms with Gasteiger partial charge in [-0.15, -0.1) is 0 Å². The second-order valence-electron chi connectivity index (χ2n) is 4.45. The van der Waals surface area contributed by atoms with Crippen LogP contribution in [0.5, 0.6) is 0 Å². The molecule has 2 unspecified atom stereocenters. The maximum Gasteiger partial charge on any atom is 0.227 e. The predicted octanol–water partition coefficient (Wildman–Crippen LogP) is 0.631. The molecule has 4 N–H and O–H groups in total. The first-order valence-corrected chi connectivity index (χ1v) is 5.13. The van der Waals surface area contributed by atoms with Crippen molar-refractivity contribution in [2.24, 2.45) is 17.6 Å². The Morgan fingerprint density at radius 1 is 1.60 bits per heavy atom. The van der Waals surface area contributed by atoms with Gasteiger partial charge in [-0.25, -0.2) is 0 Å². The van der Waals surface area contributed by atoms with E-state index >= 15 is 0 Å². The van der Waals surface area contributed by atoms with Gasteiger partial charge in [0, 0.05) is 0 Å². The van der Waals surface area contributed by atoms with Crippen LogP contribution >= 0.6 is 0 Å². The molecule has 15 heavy (non-hydrogen) atoms. The Hall–Kier alpha value is -1.29. The van der Waals surface area contributed by atoms with E-state index < -0.39 is 17.4 Å². The minimum atomic E-state index is -1.30. The normalized spacial score (nSPS) is 35.0. The molecule has 2 rings (SSSR count). The summed E-state index contributed by atoms with van der Waals surface area (Å²) >= 11 is 0. The second-order valence-corrected chi connectivity index (χ2v) is 4.45. The largest absolute Gasteiger partial charge is 0.508 e. The zero-order valence-corrected chi connectivity index (χ0v) is 8.39. The van der Waals surface area contributed by atoms with E-state index in [0.717, 1.165) is 12.8 Å². The highest BCUT2D eigenvalue weighted by atomic mass is 16.3. The Labute approximate surface area is 88.1 Å². The van der Waals surface area contributed by atoms with Crippen LogP contribution in [0.25, 0.3) is 0 Å². The van der Waals surface area contributed by atoms with Crippen LogP contribution in [0, 0.1) is 11.8 Å². The van der Waals surface area contributed by atoms with Crippen LogP contribution < -0.4 is 5.73 Å². The number of carbonyl (C=O) groups is 1. The van der Waals surface area contributed by atoms with Gasteiger partial charge in [-0.1, -0.05) is 18.9 Å². The highest BCUT2D eigenvalue weighted by molar-refractivity contribution is 5.81. The zero-order chi connectivity index (χ0) is 11.1. The topological polar surface area (TPSA) is 83.6 Å². The summed E-state index contributed by atoms with van der Waals surface area (Å²) in [5.74, 6) is -0.838. The molecular formula is C11H15NO3. The fourth-order valence-corrected chi connectivity index (χ4v) is 2.07. The molecule has 1 fully saturated rings. The van der Waals surface area contributed by atoms with Crippen molar-refractivity contribution >= 4 is 5.91 Å². The molecule has 0 aromatic heterocycles. The van der Waals surface area contributed by atoms with Crippen LogP contribution in [0.1, 0.15) is 19.3 Å². The van der Waals surface area contributed by atoms with Crippen LogP contribution in [-0.2, 0) is 4.79 Å². The summed E-state index contributed by atoms with van der Waals surface area (Å²) in [5.41, 5.74) is 3.92. The Kier molecular flexibility index (Phi) is 2.31. The number of primary amides is 1. The fraction of sp³-hybridized carbons (Fsp3) is 0.545. The quantitative estimate of drug-likeness (QED) is 0.637. The fourth-order valence-electron chi connectivity index (χ4n) is 2.07. The van der Waals surface area contributed by atoms with Crippen molar-refractivity contribution in [1.29, 1.82) is 0 Å². The van der Waals surface area contributed by atoms with E-state index in [0.29, 0.717) is 12.3 Å². The molecule has 2 aliphatic rings. The standard InChI is InChI=1S/C11H15NO3/c12-10(14)9-4-3-8(13)6-11(9,15)5-7-1-2-7/h3-4,6-7,9,13,15H,1-2,5H2,(H2,12,14). The minimum absolute atomic E-state index is 0.00403. The summed E-state index contributed by atoms with van der Waals surface area (Å²) in [6.07, 6.45) is 6.85. The van der Waals surface area contributed by atoms with Crippen LogP contribution in [-0.4, -0.2) is 21.7 Å². The molecule has 0 heterocycles. The molecule has 4 heteroatoms. The molecule has 0 aromatic rings. The van der Waals surface area contributed by atoms with Gasteiger partial charge in [-0.05, 0) is 24.5 Å². The van der Waals surface area contributed by atoms with Crippen LogP contribution in [0.2, 0.25) is 0 Å². The monoisotopic (exact) mass is 209 g/mol. The summed E-state index contributed by atoms with van der Waals surface area (Å²) in [6, 6.07) is 0. The average Bonchev–Trinajstić information content (AvgIpc) is 2.86. The molecule has 0 aliphatic heterocycles. The lowest BCUT2D eigenvalue weighted by atomic mass is 9.79. The summed E-state index contributed by atoms with van der Waals surface area (Å²) in [5, 5.41) is 19.6. The van der Waals surface area contributed by atoms with Gasteiger partial charge in [0.25, 0.3) is 0 Å². The minimum Gasteiger partial charge on any atom is -0.508 e. The van der Waals surface area contributed by atoms with Gasteiger partial charge in [-0.3, -0.25) is 4.79 Å².